The van der Waals surface area contributed by atoms with Crippen LogP contribution in [0, 0.1) is 17.8 Å². The van der Waals surface area contributed by atoms with Crippen molar-refractivity contribution in [3.05, 3.63) is 29.8 Å². The fraction of sp³-hybridized carbons (Fsp3) is 0.791. The lowest BCUT2D eigenvalue weighted by atomic mass is 9.81. The minimum absolute atomic E-state index is 0.0304. The van der Waals surface area contributed by atoms with Gasteiger partial charge in [-0.25, -0.2) is 9.36 Å². The van der Waals surface area contributed by atoms with Gasteiger partial charge in [-0.2, -0.15) is 5.90 Å². The number of fused-ring (bicyclic) bond motifs is 11. The van der Waals surface area contributed by atoms with Crippen molar-refractivity contribution >= 4 is 55.3 Å². The lowest BCUT2D eigenvalue weighted by Crippen LogP contribution is -2.48. The third kappa shape index (κ3) is 42.8. The highest BCUT2D eigenvalue weighted by molar-refractivity contribution is 7.47. The number of carbonyl (C=O) groups is 8. The number of hydrogen-bond donors (Lipinski definition) is 6. The second kappa shape index (κ2) is 52.4. The number of nitrogens with two attached hydrogens (primary N) is 1. The zero-order chi connectivity index (χ0) is 65.9. The zero-order valence-electron chi connectivity index (χ0n) is 55.3. The molecular weight excluding hydrogens is 1180 g/mol. The SMILES string of the molecule is CCCCCCCCCCCCCCCC(=O)OC[C@H](COP(=O)(O)OCCNC(=O)CCOC(=O)NCCCNC(=O)CCC(=O)[C@@H]1Cc2ccc(cc2)OCCC[C@H](C(=O)ON)[C@@H](CC(C)C)C(=O)N1)OC(=O)CCCCCCCCCCCCCCC. The van der Waals surface area contributed by atoms with Gasteiger partial charge in [0.25, 0.3) is 0 Å². The number of amides is 4. The smallest absolute Gasteiger partial charge is 0.472 e. The second-order valence-electron chi connectivity index (χ2n) is 24.4. The van der Waals surface area contributed by atoms with Crippen molar-refractivity contribution in [1.29, 1.82) is 0 Å². The Hall–Kier alpha value is -5.15. The molecule has 0 saturated carbocycles. The van der Waals surface area contributed by atoms with Gasteiger partial charge < -0.3 is 49.9 Å². The molecule has 1 unspecified atom stereocenters. The largest absolute Gasteiger partial charge is 0.494 e. The Morgan fingerprint density at radius 2 is 1.14 bits per heavy atom. The van der Waals surface area contributed by atoms with Crippen molar-refractivity contribution < 1.29 is 80.6 Å². The Labute approximate surface area is 538 Å². The van der Waals surface area contributed by atoms with Crippen LogP contribution in [0.3, 0.4) is 0 Å². The molecular formula is C67H116N5O17P. The van der Waals surface area contributed by atoms with Crippen LogP contribution >= 0.6 is 7.82 Å². The molecule has 0 aromatic heterocycles. The summed E-state index contributed by atoms with van der Waals surface area (Å²) in [5.74, 6) is 0.720. The van der Waals surface area contributed by atoms with Gasteiger partial charge in [-0.05, 0) is 68.6 Å². The topological polar surface area (TPSA) is 313 Å². The van der Waals surface area contributed by atoms with Crippen LogP contribution in [-0.2, 0) is 72.6 Å². The van der Waals surface area contributed by atoms with E-state index in [1.807, 2.05) is 26.0 Å². The fourth-order valence-corrected chi connectivity index (χ4v) is 11.4. The standard InChI is InChI=1S/C67H116N5O17P/c1-5-7-9-11-13-15-17-19-21-23-25-27-29-34-63(76)85-51-56(88-64(77)35-30-28-26-24-22-20-18-16-14-12-10-8-6-2)52-87-90(81,82)86-48-45-70-62(75)42-47-84-67(80)71-44-32-43-69-61(74)41-40-60(73)59-50-54-36-38-55(39-37-54)83-46-31-33-57(66(79)89-68)58(49-53(3)4)65(78)72-59/h36-39,53,56-59H,5-35,40-52,68H2,1-4H3,(H,69,74)(H,70,75)(H,71,80)(H,72,78)(H,81,82)/t56-,57+,58-,59+/m1/s1. The van der Waals surface area contributed by atoms with Crippen LogP contribution in [0.2, 0.25) is 0 Å². The molecule has 2 bridgehead atoms. The van der Waals surface area contributed by atoms with E-state index in [0.29, 0.717) is 44.5 Å². The fourth-order valence-electron chi connectivity index (χ4n) is 10.6. The van der Waals surface area contributed by atoms with Gasteiger partial charge in [0, 0.05) is 45.3 Å². The number of Topliss-reactive ketones (excluding diaryl/α,β-unsaturated/α-hetero) is 1. The van der Waals surface area contributed by atoms with Gasteiger partial charge in [0.1, 0.15) is 19.0 Å². The molecule has 1 aromatic carbocycles. The molecule has 5 atom stereocenters. The van der Waals surface area contributed by atoms with E-state index in [2.05, 4.69) is 40.0 Å². The molecule has 516 valence electrons. The van der Waals surface area contributed by atoms with E-state index in [9.17, 15) is 47.8 Å². The molecule has 22 nitrogen and oxygen atoms in total. The Balaban J connectivity index is 1.72. The number of phosphoric ester groups is 1. The Bertz CT molecular complexity index is 2190. The van der Waals surface area contributed by atoms with Gasteiger partial charge in [-0.3, -0.25) is 42.6 Å². The van der Waals surface area contributed by atoms with Gasteiger partial charge in [-0.1, -0.05) is 194 Å². The van der Waals surface area contributed by atoms with E-state index in [4.69, 9.17) is 33.9 Å². The van der Waals surface area contributed by atoms with Crippen LogP contribution in [0.15, 0.2) is 24.3 Å². The highest BCUT2D eigenvalue weighted by Crippen LogP contribution is 2.43. The van der Waals surface area contributed by atoms with Crippen molar-refractivity contribution in [3.63, 3.8) is 0 Å². The van der Waals surface area contributed by atoms with Crippen LogP contribution in [-0.4, -0.2) is 117 Å². The summed E-state index contributed by atoms with van der Waals surface area (Å²) in [4.78, 5) is 118. The molecule has 4 amide bonds. The van der Waals surface area contributed by atoms with Gasteiger partial charge in [0.2, 0.25) is 17.7 Å². The number of ether oxygens (including phenoxy) is 4. The molecule has 3 rings (SSSR count). The first-order chi connectivity index (χ1) is 43.5. The highest BCUT2D eigenvalue weighted by Gasteiger charge is 2.37. The lowest BCUT2D eigenvalue weighted by Gasteiger charge is -2.28. The first-order valence-corrected chi connectivity index (χ1v) is 35.8. The van der Waals surface area contributed by atoms with E-state index in [0.717, 1.165) is 44.1 Å². The maximum absolute atomic E-state index is 13.8. The average Bonchev–Trinajstić information content (AvgIpc) is 2.74. The molecule has 2 heterocycles. The number of nitrogens with one attached hydrogen (secondary N) is 4. The Morgan fingerprint density at radius 1 is 0.622 bits per heavy atom. The van der Waals surface area contributed by atoms with Crippen LogP contribution in [0.4, 0.5) is 4.79 Å². The summed E-state index contributed by atoms with van der Waals surface area (Å²) < 4.78 is 45.0. The molecule has 2 aliphatic heterocycles. The van der Waals surface area contributed by atoms with Gasteiger partial charge >= 0.3 is 31.8 Å². The van der Waals surface area contributed by atoms with Crippen LogP contribution in [0.25, 0.3) is 0 Å². The number of phosphoric acid groups is 1. The van der Waals surface area contributed by atoms with Crippen molar-refractivity contribution in [3.8, 4) is 5.75 Å². The summed E-state index contributed by atoms with van der Waals surface area (Å²) in [6.07, 6.45) is 29.6. The molecule has 0 fully saturated rings. The summed E-state index contributed by atoms with van der Waals surface area (Å²) in [6, 6.07) is 6.16. The number of alkyl carbamates (subject to hydrolysis) is 1. The number of hydrogen-bond acceptors (Lipinski definition) is 17. The Morgan fingerprint density at radius 3 is 1.70 bits per heavy atom. The summed E-state index contributed by atoms with van der Waals surface area (Å²) in [5, 5.41) is 10.6. The minimum atomic E-state index is -4.72. The van der Waals surface area contributed by atoms with E-state index in [1.165, 1.54) is 116 Å². The van der Waals surface area contributed by atoms with Crippen molar-refractivity contribution in [2.45, 2.75) is 271 Å². The van der Waals surface area contributed by atoms with Gasteiger partial charge in [-0.15, -0.1) is 0 Å². The Kier molecular flexibility index (Phi) is 47.1. The number of carbonyl (C=O) groups excluding carboxylic acids is 8. The van der Waals surface area contributed by atoms with Crippen molar-refractivity contribution in [2.75, 3.05) is 52.7 Å². The number of ketones is 1. The monoisotopic (exact) mass is 1290 g/mol. The molecule has 0 aliphatic carbocycles. The molecule has 1 aromatic rings. The highest BCUT2D eigenvalue weighted by atomic mass is 31.2. The summed E-state index contributed by atoms with van der Waals surface area (Å²) in [5.41, 5.74) is 0.756. The molecule has 2 aliphatic rings. The zero-order valence-corrected chi connectivity index (χ0v) is 56.2. The minimum Gasteiger partial charge on any atom is -0.494 e. The first kappa shape index (κ1) is 80.9. The molecule has 0 saturated heterocycles. The van der Waals surface area contributed by atoms with Crippen molar-refractivity contribution in [1.82, 2.24) is 21.3 Å². The van der Waals surface area contributed by atoms with E-state index in [-0.39, 0.29) is 89.5 Å². The number of esters is 2. The normalized spacial score (nSPS) is 16.2. The van der Waals surface area contributed by atoms with E-state index in [1.54, 1.807) is 12.1 Å². The molecule has 7 N–H and O–H groups in total. The quantitative estimate of drug-likeness (QED) is 0.0116. The number of benzene rings is 1. The number of unbranched alkanes of at least 4 members (excludes halogenated alkanes) is 24. The predicted molar refractivity (Wildman–Crippen MR) is 346 cm³/mol. The average molecular weight is 1290 g/mol. The maximum atomic E-state index is 13.8. The van der Waals surface area contributed by atoms with Crippen molar-refractivity contribution in [2.24, 2.45) is 23.7 Å². The summed E-state index contributed by atoms with van der Waals surface area (Å²) in [7, 11) is -4.72. The van der Waals surface area contributed by atoms with Crippen LogP contribution in [0.1, 0.15) is 258 Å². The van der Waals surface area contributed by atoms with E-state index >= 15 is 0 Å². The first-order valence-electron chi connectivity index (χ1n) is 34.3. The molecule has 0 spiro atoms. The lowest BCUT2D eigenvalue weighted by molar-refractivity contribution is -0.161. The third-order valence-electron chi connectivity index (χ3n) is 15.9. The van der Waals surface area contributed by atoms with Crippen LogP contribution in [0.5, 0.6) is 5.75 Å². The van der Waals surface area contributed by atoms with Gasteiger partial charge in [0.15, 0.2) is 11.9 Å². The van der Waals surface area contributed by atoms with Crippen LogP contribution < -0.4 is 31.9 Å². The number of rotatable bonds is 52. The third-order valence-corrected chi connectivity index (χ3v) is 16.9. The molecule has 90 heavy (non-hydrogen) atoms. The molecule has 23 heteroatoms. The summed E-state index contributed by atoms with van der Waals surface area (Å²) in [6.45, 7) is 7.06. The maximum Gasteiger partial charge on any atom is 0.472 e. The second-order valence-corrected chi connectivity index (χ2v) is 25.8. The summed E-state index contributed by atoms with van der Waals surface area (Å²) >= 11 is 0. The van der Waals surface area contributed by atoms with E-state index < -0.39 is 86.7 Å². The molecule has 0 radical (unpaired) electrons. The van der Waals surface area contributed by atoms with Gasteiger partial charge in [0.05, 0.1) is 44.1 Å². The predicted octanol–water partition coefficient (Wildman–Crippen LogP) is 12.2.